The van der Waals surface area contributed by atoms with Gasteiger partial charge >= 0.3 is 0 Å². The zero-order valence-electron chi connectivity index (χ0n) is 11.1. The molecule has 3 fully saturated rings. The molecule has 0 saturated carbocycles. The van der Waals surface area contributed by atoms with Gasteiger partial charge in [0.2, 0.25) is 0 Å². The van der Waals surface area contributed by atoms with E-state index >= 15 is 0 Å². The minimum absolute atomic E-state index is 0.369. The van der Waals surface area contributed by atoms with Crippen molar-refractivity contribution < 1.29 is 4.74 Å². The molecule has 0 aromatic heterocycles. The second-order valence-electron chi connectivity index (χ2n) is 5.75. The Labute approximate surface area is 99.7 Å². The molecule has 3 nitrogen and oxygen atoms in total. The molecule has 0 aromatic carbocycles. The van der Waals surface area contributed by atoms with E-state index in [1.807, 2.05) is 0 Å². The highest BCUT2D eigenvalue weighted by Crippen LogP contribution is 2.32. The zero-order chi connectivity index (χ0) is 11.7. The highest BCUT2D eigenvalue weighted by molar-refractivity contribution is 5.01. The van der Waals surface area contributed by atoms with Crippen molar-refractivity contribution in [2.75, 3.05) is 26.2 Å². The summed E-state index contributed by atoms with van der Waals surface area (Å²) >= 11 is 0. The Morgan fingerprint density at radius 2 is 1.75 bits per heavy atom. The summed E-state index contributed by atoms with van der Waals surface area (Å²) in [5.74, 6) is 0. The summed E-state index contributed by atoms with van der Waals surface area (Å²) in [6.07, 6.45) is 1.78. The molecule has 0 spiro atoms. The van der Waals surface area contributed by atoms with Gasteiger partial charge in [0.25, 0.3) is 0 Å². The SMILES string of the molecule is CC(C)OCCN1C2CC1CN(C(C)C)C2. The van der Waals surface area contributed by atoms with E-state index < -0.39 is 0 Å². The van der Waals surface area contributed by atoms with E-state index in [1.165, 1.54) is 19.5 Å². The molecule has 3 aliphatic rings. The maximum atomic E-state index is 5.63. The van der Waals surface area contributed by atoms with Crippen molar-refractivity contribution >= 4 is 0 Å². The molecular weight excluding hydrogens is 200 g/mol. The van der Waals surface area contributed by atoms with Crippen molar-refractivity contribution in [1.82, 2.24) is 9.80 Å². The van der Waals surface area contributed by atoms with Crippen LogP contribution in [0.25, 0.3) is 0 Å². The van der Waals surface area contributed by atoms with Crippen molar-refractivity contribution in [3.63, 3.8) is 0 Å². The summed E-state index contributed by atoms with van der Waals surface area (Å²) in [6, 6.07) is 2.31. The molecule has 3 saturated heterocycles. The van der Waals surface area contributed by atoms with Gasteiger partial charge in [0.05, 0.1) is 12.7 Å². The first-order valence-corrected chi connectivity index (χ1v) is 6.69. The third-order valence-electron chi connectivity index (χ3n) is 3.90. The fraction of sp³-hybridized carbons (Fsp3) is 1.00. The molecule has 3 aliphatic heterocycles. The first-order valence-electron chi connectivity index (χ1n) is 6.69. The summed E-state index contributed by atoms with van der Waals surface area (Å²) in [6.45, 7) is 13.4. The highest BCUT2D eigenvalue weighted by atomic mass is 16.5. The van der Waals surface area contributed by atoms with Crippen molar-refractivity contribution in [1.29, 1.82) is 0 Å². The maximum Gasteiger partial charge on any atom is 0.0597 e. The van der Waals surface area contributed by atoms with E-state index in [2.05, 4.69) is 37.5 Å². The number of fused-ring (bicyclic) bond motifs is 2. The van der Waals surface area contributed by atoms with Gasteiger partial charge in [0.15, 0.2) is 0 Å². The largest absolute Gasteiger partial charge is 0.377 e. The fourth-order valence-electron chi connectivity index (χ4n) is 2.90. The number of nitrogens with zero attached hydrogens (tertiary/aromatic N) is 2. The molecule has 3 rings (SSSR count). The molecule has 2 unspecified atom stereocenters. The highest BCUT2D eigenvalue weighted by Gasteiger charge is 2.44. The lowest BCUT2D eigenvalue weighted by molar-refractivity contribution is -0.0910. The predicted molar refractivity (Wildman–Crippen MR) is 66.7 cm³/mol. The van der Waals surface area contributed by atoms with Gasteiger partial charge in [-0.05, 0) is 34.1 Å². The molecular formula is C13H26N2O. The standard InChI is InChI=1S/C13H26N2O/c1-10(2)14-8-12-7-13(9-14)15(12)5-6-16-11(3)4/h10-13H,5-9H2,1-4H3. The van der Waals surface area contributed by atoms with Gasteiger partial charge in [-0.1, -0.05) is 0 Å². The lowest BCUT2D eigenvalue weighted by atomic mass is 9.87. The van der Waals surface area contributed by atoms with Gasteiger partial charge in [-0.3, -0.25) is 9.80 Å². The van der Waals surface area contributed by atoms with Crippen molar-refractivity contribution in [3.05, 3.63) is 0 Å². The Morgan fingerprint density at radius 1 is 1.12 bits per heavy atom. The molecule has 0 amide bonds. The molecule has 0 N–H and O–H groups in total. The Kier molecular flexibility index (Phi) is 3.88. The Hall–Kier alpha value is -0.120. The van der Waals surface area contributed by atoms with Gasteiger partial charge in [-0.25, -0.2) is 0 Å². The minimum atomic E-state index is 0.369. The summed E-state index contributed by atoms with van der Waals surface area (Å²) in [7, 11) is 0. The normalized spacial score (nSPS) is 31.1. The fourth-order valence-corrected chi connectivity index (χ4v) is 2.90. The number of hydrogen-bond donors (Lipinski definition) is 0. The van der Waals surface area contributed by atoms with E-state index in [9.17, 15) is 0 Å². The lowest BCUT2D eigenvalue weighted by Gasteiger charge is -2.57. The first kappa shape index (κ1) is 12.3. The van der Waals surface area contributed by atoms with E-state index in [1.54, 1.807) is 0 Å². The van der Waals surface area contributed by atoms with Gasteiger partial charge in [0, 0.05) is 37.8 Å². The lowest BCUT2D eigenvalue weighted by Crippen LogP contribution is -2.69. The van der Waals surface area contributed by atoms with Crippen molar-refractivity contribution in [2.24, 2.45) is 0 Å². The first-order chi connectivity index (χ1) is 7.58. The van der Waals surface area contributed by atoms with Crippen LogP contribution in [0.3, 0.4) is 0 Å². The molecule has 3 heterocycles. The summed E-state index contributed by atoms with van der Waals surface area (Å²) in [5, 5.41) is 0. The molecule has 0 radical (unpaired) electrons. The maximum absolute atomic E-state index is 5.63. The Balaban J connectivity index is 1.72. The average molecular weight is 226 g/mol. The second-order valence-corrected chi connectivity index (χ2v) is 5.75. The Morgan fingerprint density at radius 3 is 2.25 bits per heavy atom. The number of hydrogen-bond acceptors (Lipinski definition) is 3. The van der Waals surface area contributed by atoms with Gasteiger partial charge in [-0.15, -0.1) is 0 Å². The van der Waals surface area contributed by atoms with E-state index in [0.717, 1.165) is 25.2 Å². The van der Waals surface area contributed by atoms with Crippen LogP contribution >= 0.6 is 0 Å². The van der Waals surface area contributed by atoms with E-state index in [-0.39, 0.29) is 0 Å². The smallest absolute Gasteiger partial charge is 0.0597 e. The summed E-state index contributed by atoms with van der Waals surface area (Å²) in [5.41, 5.74) is 0. The monoisotopic (exact) mass is 226 g/mol. The quantitative estimate of drug-likeness (QED) is 0.708. The number of piperidine rings is 1. The number of rotatable bonds is 5. The molecule has 3 heteroatoms. The van der Waals surface area contributed by atoms with Crippen molar-refractivity contribution in [2.45, 2.75) is 58.3 Å². The predicted octanol–water partition coefficient (Wildman–Crippen LogP) is 1.58. The van der Waals surface area contributed by atoms with Gasteiger partial charge in [-0.2, -0.15) is 0 Å². The molecule has 16 heavy (non-hydrogen) atoms. The van der Waals surface area contributed by atoms with Crippen LogP contribution in [-0.2, 0) is 4.74 Å². The van der Waals surface area contributed by atoms with Crippen LogP contribution in [0.15, 0.2) is 0 Å². The van der Waals surface area contributed by atoms with Crippen LogP contribution in [0.2, 0.25) is 0 Å². The topological polar surface area (TPSA) is 15.7 Å². The third kappa shape index (κ3) is 2.58. The number of piperazine rings is 1. The second kappa shape index (κ2) is 5.03. The molecule has 2 atom stereocenters. The minimum Gasteiger partial charge on any atom is -0.377 e. The summed E-state index contributed by atoms with van der Waals surface area (Å²) < 4.78 is 5.63. The van der Waals surface area contributed by atoms with Crippen molar-refractivity contribution in [3.8, 4) is 0 Å². The molecule has 2 bridgehead atoms. The number of ether oxygens (including phenoxy) is 1. The van der Waals surface area contributed by atoms with Crippen LogP contribution < -0.4 is 0 Å². The van der Waals surface area contributed by atoms with Gasteiger partial charge in [0.1, 0.15) is 0 Å². The molecule has 0 aliphatic carbocycles. The third-order valence-corrected chi connectivity index (χ3v) is 3.90. The van der Waals surface area contributed by atoms with Crippen LogP contribution in [0, 0.1) is 0 Å². The van der Waals surface area contributed by atoms with Crippen LogP contribution in [0.5, 0.6) is 0 Å². The molecule has 0 aromatic rings. The van der Waals surface area contributed by atoms with E-state index in [4.69, 9.17) is 4.74 Å². The molecule has 94 valence electrons. The Bertz CT molecular complexity index is 218. The van der Waals surface area contributed by atoms with Crippen LogP contribution in [0.4, 0.5) is 0 Å². The average Bonchev–Trinajstić information content (AvgIpc) is 2.24. The zero-order valence-corrected chi connectivity index (χ0v) is 11.1. The van der Waals surface area contributed by atoms with E-state index in [0.29, 0.717) is 12.1 Å². The van der Waals surface area contributed by atoms with Gasteiger partial charge < -0.3 is 4.74 Å². The van der Waals surface area contributed by atoms with Crippen LogP contribution in [0.1, 0.15) is 34.1 Å². The van der Waals surface area contributed by atoms with Crippen LogP contribution in [-0.4, -0.2) is 60.3 Å². The summed E-state index contributed by atoms with van der Waals surface area (Å²) in [4.78, 5) is 5.25.